The van der Waals surface area contributed by atoms with E-state index in [0.29, 0.717) is 17.1 Å². The van der Waals surface area contributed by atoms with Crippen molar-refractivity contribution in [3.8, 4) is 5.75 Å². The zero-order chi connectivity index (χ0) is 13.7. The monoisotopic (exact) mass is 273 g/mol. The van der Waals surface area contributed by atoms with Gasteiger partial charge in [-0.25, -0.2) is 0 Å². The fourth-order valence-electron chi connectivity index (χ4n) is 1.67. The second-order valence-electron chi connectivity index (χ2n) is 3.98. The molecule has 4 heteroatoms. The Morgan fingerprint density at radius 2 is 1.84 bits per heavy atom. The average Bonchev–Trinajstić information content (AvgIpc) is 2.46. The number of benzene rings is 2. The van der Waals surface area contributed by atoms with Crippen molar-refractivity contribution in [1.82, 2.24) is 0 Å². The van der Waals surface area contributed by atoms with Gasteiger partial charge in [-0.2, -0.15) is 0 Å². The molecule has 0 saturated heterocycles. The molecule has 0 aliphatic heterocycles. The van der Waals surface area contributed by atoms with Crippen molar-refractivity contribution < 1.29 is 9.53 Å². The lowest BCUT2D eigenvalue weighted by molar-refractivity contribution is 0.101. The van der Waals surface area contributed by atoms with Crippen LogP contribution in [0.1, 0.15) is 10.4 Å². The second kappa shape index (κ2) is 6.29. The summed E-state index contributed by atoms with van der Waals surface area (Å²) in [6.07, 6.45) is 0. The summed E-state index contributed by atoms with van der Waals surface area (Å²) in [5.74, 6) is 1.05. The van der Waals surface area contributed by atoms with Crippen molar-refractivity contribution in [1.29, 1.82) is 0 Å². The molecule has 0 spiro atoms. The lowest BCUT2D eigenvalue weighted by Crippen LogP contribution is -2.04. The minimum Gasteiger partial charge on any atom is -0.496 e. The van der Waals surface area contributed by atoms with Crippen molar-refractivity contribution in [3.63, 3.8) is 0 Å². The minimum absolute atomic E-state index is 0.0549. The Balaban J connectivity index is 2.03. The number of carbonyl (C=O) groups excluding carboxylic acids is 1. The van der Waals surface area contributed by atoms with E-state index in [1.807, 2.05) is 36.4 Å². The molecule has 2 aromatic carbocycles. The number of carbonyl (C=O) groups is 1. The molecule has 0 bridgehead atoms. The number of hydrogen-bond donors (Lipinski definition) is 1. The molecule has 0 unspecified atom stereocenters. The Morgan fingerprint density at radius 1 is 1.16 bits per heavy atom. The van der Waals surface area contributed by atoms with Gasteiger partial charge in [-0.3, -0.25) is 4.79 Å². The second-order valence-corrected chi connectivity index (χ2v) is 5.03. The number of ether oxygens (including phenoxy) is 1. The highest BCUT2D eigenvalue weighted by atomic mass is 32.2. The maximum Gasteiger partial charge on any atom is 0.176 e. The summed E-state index contributed by atoms with van der Waals surface area (Å²) in [5, 5.41) is 0. The smallest absolute Gasteiger partial charge is 0.176 e. The van der Waals surface area contributed by atoms with Crippen molar-refractivity contribution >= 4 is 23.2 Å². The van der Waals surface area contributed by atoms with Gasteiger partial charge >= 0.3 is 0 Å². The van der Waals surface area contributed by atoms with Crippen molar-refractivity contribution in [2.45, 2.75) is 4.90 Å². The molecule has 0 fully saturated rings. The normalized spacial score (nSPS) is 10.2. The molecule has 2 aromatic rings. The van der Waals surface area contributed by atoms with Crippen LogP contribution >= 0.6 is 11.8 Å². The van der Waals surface area contributed by atoms with Crippen molar-refractivity contribution in [2.75, 3.05) is 18.6 Å². The van der Waals surface area contributed by atoms with Gasteiger partial charge in [-0.1, -0.05) is 12.1 Å². The summed E-state index contributed by atoms with van der Waals surface area (Å²) in [5.41, 5.74) is 6.96. The predicted molar refractivity (Wildman–Crippen MR) is 78.9 cm³/mol. The molecule has 0 amide bonds. The Labute approximate surface area is 116 Å². The first kappa shape index (κ1) is 13.5. The molecule has 3 nitrogen and oxygen atoms in total. The minimum atomic E-state index is 0.0549. The molecule has 0 radical (unpaired) electrons. The number of anilines is 1. The Bertz CT molecular complexity index is 567. The molecule has 98 valence electrons. The van der Waals surface area contributed by atoms with E-state index in [-0.39, 0.29) is 5.78 Å². The summed E-state index contributed by atoms with van der Waals surface area (Å²) in [6, 6.07) is 14.7. The maximum atomic E-state index is 12.1. The SMILES string of the molecule is COc1ccccc1C(=O)CSc1ccc(N)cc1. The lowest BCUT2D eigenvalue weighted by atomic mass is 10.1. The van der Waals surface area contributed by atoms with Gasteiger partial charge in [0.15, 0.2) is 5.78 Å². The summed E-state index contributed by atoms with van der Waals surface area (Å²) < 4.78 is 5.19. The third-order valence-corrected chi connectivity index (χ3v) is 3.67. The van der Waals surface area contributed by atoms with Gasteiger partial charge < -0.3 is 10.5 Å². The van der Waals surface area contributed by atoms with E-state index < -0.39 is 0 Å². The third-order valence-electron chi connectivity index (χ3n) is 2.66. The summed E-state index contributed by atoms with van der Waals surface area (Å²) in [7, 11) is 1.57. The van der Waals surface area contributed by atoms with Crippen LogP contribution in [0, 0.1) is 0 Å². The van der Waals surface area contributed by atoms with E-state index in [0.717, 1.165) is 10.6 Å². The van der Waals surface area contributed by atoms with Gasteiger partial charge in [0.05, 0.1) is 18.4 Å². The molecule has 0 aliphatic carbocycles. The fraction of sp³-hybridized carbons (Fsp3) is 0.133. The van der Waals surface area contributed by atoms with Gasteiger partial charge in [0.25, 0.3) is 0 Å². The molecule has 0 saturated carbocycles. The highest BCUT2D eigenvalue weighted by molar-refractivity contribution is 8.00. The van der Waals surface area contributed by atoms with Gasteiger partial charge in [0, 0.05) is 10.6 Å². The molecule has 19 heavy (non-hydrogen) atoms. The highest BCUT2D eigenvalue weighted by Gasteiger charge is 2.11. The van der Waals surface area contributed by atoms with Crippen LogP contribution in [0.2, 0.25) is 0 Å². The number of methoxy groups -OCH3 is 1. The lowest BCUT2D eigenvalue weighted by Gasteiger charge is -2.07. The van der Waals surface area contributed by atoms with Gasteiger partial charge in [-0.05, 0) is 36.4 Å². The zero-order valence-electron chi connectivity index (χ0n) is 10.6. The van der Waals surface area contributed by atoms with Gasteiger partial charge in [0.2, 0.25) is 0 Å². The average molecular weight is 273 g/mol. The van der Waals surface area contributed by atoms with Crippen LogP contribution < -0.4 is 10.5 Å². The summed E-state index contributed by atoms with van der Waals surface area (Å²) in [4.78, 5) is 13.2. The molecular weight excluding hydrogens is 258 g/mol. The van der Waals surface area contributed by atoms with E-state index in [9.17, 15) is 4.79 Å². The Hall–Kier alpha value is -1.94. The molecule has 0 aliphatic rings. The van der Waals surface area contributed by atoms with E-state index in [1.165, 1.54) is 11.8 Å². The Kier molecular flexibility index (Phi) is 4.47. The van der Waals surface area contributed by atoms with Crippen LogP contribution in [0.4, 0.5) is 5.69 Å². The zero-order valence-corrected chi connectivity index (χ0v) is 11.4. The molecule has 0 heterocycles. The van der Waals surface area contributed by atoms with Crippen LogP contribution in [0.15, 0.2) is 53.4 Å². The summed E-state index contributed by atoms with van der Waals surface area (Å²) >= 11 is 1.49. The quantitative estimate of drug-likeness (QED) is 0.516. The number of hydrogen-bond acceptors (Lipinski definition) is 4. The fourth-order valence-corrected chi connectivity index (χ4v) is 2.45. The van der Waals surface area contributed by atoms with Crippen LogP contribution in [-0.2, 0) is 0 Å². The number of nitrogens with two attached hydrogens (primary N) is 1. The van der Waals surface area contributed by atoms with Gasteiger partial charge in [-0.15, -0.1) is 11.8 Å². The van der Waals surface area contributed by atoms with E-state index >= 15 is 0 Å². The van der Waals surface area contributed by atoms with E-state index in [4.69, 9.17) is 10.5 Å². The topological polar surface area (TPSA) is 52.3 Å². The Morgan fingerprint density at radius 3 is 2.53 bits per heavy atom. The standard InChI is InChI=1S/C15H15NO2S/c1-18-15-5-3-2-4-13(15)14(17)10-19-12-8-6-11(16)7-9-12/h2-9H,10,16H2,1H3. The number of para-hydroxylation sites is 1. The molecule has 0 atom stereocenters. The van der Waals surface area contributed by atoms with Crippen LogP contribution in [0.5, 0.6) is 5.75 Å². The van der Waals surface area contributed by atoms with Crippen molar-refractivity contribution in [3.05, 3.63) is 54.1 Å². The summed E-state index contributed by atoms with van der Waals surface area (Å²) in [6.45, 7) is 0. The predicted octanol–water partition coefficient (Wildman–Crippen LogP) is 3.25. The van der Waals surface area contributed by atoms with Crippen LogP contribution in [0.25, 0.3) is 0 Å². The first-order chi connectivity index (χ1) is 9.20. The number of nitrogen functional groups attached to an aromatic ring is 1. The van der Waals surface area contributed by atoms with Crippen LogP contribution in [0.3, 0.4) is 0 Å². The van der Waals surface area contributed by atoms with Crippen LogP contribution in [-0.4, -0.2) is 18.6 Å². The number of Topliss-reactive ketones (excluding diaryl/α,β-unsaturated/α-hetero) is 1. The number of thioether (sulfide) groups is 1. The van der Waals surface area contributed by atoms with E-state index in [2.05, 4.69) is 0 Å². The van der Waals surface area contributed by atoms with E-state index in [1.54, 1.807) is 19.2 Å². The van der Waals surface area contributed by atoms with Crippen molar-refractivity contribution in [2.24, 2.45) is 0 Å². The first-order valence-electron chi connectivity index (χ1n) is 5.85. The van der Waals surface area contributed by atoms with Gasteiger partial charge in [0.1, 0.15) is 5.75 Å². The number of ketones is 1. The third kappa shape index (κ3) is 3.51. The highest BCUT2D eigenvalue weighted by Crippen LogP contribution is 2.23. The largest absolute Gasteiger partial charge is 0.496 e. The molecule has 2 rings (SSSR count). The molecule has 2 N–H and O–H groups in total. The molecule has 0 aromatic heterocycles. The molecular formula is C15H15NO2S. The number of rotatable bonds is 5. The maximum absolute atomic E-state index is 12.1. The first-order valence-corrected chi connectivity index (χ1v) is 6.84.